The van der Waals surface area contributed by atoms with E-state index >= 15 is 0 Å². The maximum absolute atomic E-state index is 13.4. The van der Waals surface area contributed by atoms with Crippen molar-refractivity contribution in [3.8, 4) is 22.7 Å². The van der Waals surface area contributed by atoms with Crippen molar-refractivity contribution in [3.63, 3.8) is 0 Å². The normalized spacial score (nSPS) is 14.8. The van der Waals surface area contributed by atoms with Gasteiger partial charge in [-0.1, -0.05) is 12.1 Å². The van der Waals surface area contributed by atoms with E-state index in [9.17, 15) is 9.59 Å². The summed E-state index contributed by atoms with van der Waals surface area (Å²) in [6, 6.07) is 17.3. The van der Waals surface area contributed by atoms with Crippen LogP contribution >= 0.6 is 11.3 Å². The van der Waals surface area contributed by atoms with Gasteiger partial charge in [0, 0.05) is 30.6 Å². The molecule has 0 spiro atoms. The van der Waals surface area contributed by atoms with E-state index < -0.39 is 0 Å². The van der Waals surface area contributed by atoms with E-state index in [1.807, 2.05) is 58.6 Å². The fourth-order valence-corrected chi connectivity index (χ4v) is 5.28. The zero-order valence-electron chi connectivity index (χ0n) is 22.3. The first-order valence-corrected chi connectivity index (χ1v) is 13.8. The Kier molecular flexibility index (Phi) is 8.09. The number of rotatable bonds is 9. The summed E-state index contributed by atoms with van der Waals surface area (Å²) < 4.78 is 12.9. The SMILES string of the molecule is COc1ccc(-c2cn(-c3ccc(C)c(C)c3)c(NC(=O)CN(CC3CCCO3)C(=O)c3cccs3)n2)cc1. The molecule has 0 bridgehead atoms. The average molecular weight is 545 g/mol. The number of hydrogen-bond acceptors (Lipinski definition) is 6. The monoisotopic (exact) mass is 544 g/mol. The lowest BCUT2D eigenvalue weighted by Crippen LogP contribution is -2.42. The Morgan fingerprint density at radius 1 is 1.15 bits per heavy atom. The number of aromatic nitrogens is 2. The number of ether oxygens (including phenoxy) is 2. The van der Waals surface area contributed by atoms with Crippen molar-refractivity contribution in [3.05, 3.63) is 82.2 Å². The second-order valence-electron chi connectivity index (χ2n) is 9.66. The molecule has 9 heteroatoms. The summed E-state index contributed by atoms with van der Waals surface area (Å²) in [7, 11) is 1.63. The molecule has 5 rings (SSSR count). The summed E-state index contributed by atoms with van der Waals surface area (Å²) in [6.07, 6.45) is 3.67. The number of imidazole rings is 1. The van der Waals surface area contributed by atoms with Crippen molar-refractivity contribution in [1.82, 2.24) is 14.5 Å². The summed E-state index contributed by atoms with van der Waals surface area (Å²) in [5.74, 6) is 0.638. The van der Waals surface area contributed by atoms with E-state index in [2.05, 4.69) is 25.2 Å². The van der Waals surface area contributed by atoms with E-state index in [4.69, 9.17) is 14.5 Å². The Morgan fingerprint density at radius 2 is 1.97 bits per heavy atom. The van der Waals surface area contributed by atoms with Crippen LogP contribution in [0.25, 0.3) is 16.9 Å². The maximum atomic E-state index is 13.4. The molecule has 1 aliphatic rings. The van der Waals surface area contributed by atoms with E-state index in [1.165, 1.54) is 16.9 Å². The fraction of sp³-hybridized carbons (Fsp3) is 0.300. The Balaban J connectivity index is 1.42. The van der Waals surface area contributed by atoms with Crippen LogP contribution in [-0.4, -0.2) is 59.2 Å². The highest BCUT2D eigenvalue weighted by molar-refractivity contribution is 7.12. The molecule has 0 radical (unpaired) electrons. The highest BCUT2D eigenvalue weighted by atomic mass is 32.1. The van der Waals surface area contributed by atoms with Gasteiger partial charge in [0.15, 0.2) is 0 Å². The first-order valence-electron chi connectivity index (χ1n) is 13.0. The number of anilines is 1. The van der Waals surface area contributed by atoms with Gasteiger partial charge >= 0.3 is 0 Å². The van der Waals surface area contributed by atoms with Crippen LogP contribution in [0.3, 0.4) is 0 Å². The average Bonchev–Trinajstić information content (AvgIpc) is 3.72. The molecule has 0 aliphatic carbocycles. The molecule has 39 heavy (non-hydrogen) atoms. The van der Waals surface area contributed by atoms with Crippen LogP contribution in [0.5, 0.6) is 5.75 Å². The number of nitrogens with zero attached hydrogens (tertiary/aromatic N) is 3. The number of aryl methyl sites for hydroxylation is 2. The highest BCUT2D eigenvalue weighted by Crippen LogP contribution is 2.27. The first-order chi connectivity index (χ1) is 18.9. The largest absolute Gasteiger partial charge is 0.497 e. The van der Waals surface area contributed by atoms with E-state index in [0.29, 0.717) is 29.7 Å². The van der Waals surface area contributed by atoms with Crippen molar-refractivity contribution in [2.45, 2.75) is 32.8 Å². The van der Waals surface area contributed by atoms with Crippen LogP contribution in [0.4, 0.5) is 5.95 Å². The van der Waals surface area contributed by atoms with Crippen molar-refractivity contribution in [2.24, 2.45) is 0 Å². The third kappa shape index (κ3) is 6.21. The Labute approximate surface area is 232 Å². The van der Waals surface area contributed by atoms with Gasteiger partial charge in [-0.05, 0) is 85.7 Å². The Morgan fingerprint density at radius 3 is 2.64 bits per heavy atom. The Hall–Kier alpha value is -3.95. The van der Waals surface area contributed by atoms with Crippen molar-refractivity contribution in [1.29, 1.82) is 0 Å². The fourth-order valence-electron chi connectivity index (χ4n) is 4.59. The van der Waals surface area contributed by atoms with Crippen molar-refractivity contribution in [2.75, 3.05) is 32.1 Å². The molecule has 1 saturated heterocycles. The van der Waals surface area contributed by atoms with E-state index in [1.54, 1.807) is 18.1 Å². The van der Waals surface area contributed by atoms with Gasteiger partial charge in [0.1, 0.15) is 12.3 Å². The van der Waals surface area contributed by atoms with Gasteiger partial charge in [0.25, 0.3) is 5.91 Å². The van der Waals surface area contributed by atoms with Gasteiger partial charge in [-0.3, -0.25) is 19.5 Å². The van der Waals surface area contributed by atoms with Gasteiger partial charge in [0.05, 0.1) is 23.8 Å². The quantitative estimate of drug-likeness (QED) is 0.301. The summed E-state index contributed by atoms with van der Waals surface area (Å²) in [4.78, 5) is 33.6. The van der Waals surface area contributed by atoms with Crippen LogP contribution in [0.15, 0.2) is 66.2 Å². The lowest BCUT2D eigenvalue weighted by atomic mass is 10.1. The minimum absolute atomic E-state index is 0.0686. The predicted octanol–water partition coefficient (Wildman–Crippen LogP) is 5.49. The van der Waals surface area contributed by atoms with E-state index in [-0.39, 0.29) is 24.5 Å². The molecule has 1 fully saturated rings. The summed E-state index contributed by atoms with van der Waals surface area (Å²) in [5, 5.41) is 4.83. The lowest BCUT2D eigenvalue weighted by molar-refractivity contribution is -0.117. The molecule has 3 heterocycles. The second kappa shape index (κ2) is 11.8. The lowest BCUT2D eigenvalue weighted by Gasteiger charge is -2.24. The number of carbonyl (C=O) groups is 2. The topological polar surface area (TPSA) is 85.7 Å². The standard InChI is InChI=1S/C30H32N4O4S/c1-20-8-11-23(16-21(20)2)34-18-26(22-9-12-24(37-3)13-10-22)31-30(34)32-28(35)19-33(17-25-6-4-14-38-25)29(36)27-7-5-15-39-27/h5,7-13,15-16,18,25H,4,6,14,17,19H2,1-3H3,(H,31,32,35). The number of thiophene rings is 1. The summed E-state index contributed by atoms with van der Waals surface area (Å²) >= 11 is 1.36. The van der Waals surface area contributed by atoms with Crippen LogP contribution in [0, 0.1) is 13.8 Å². The van der Waals surface area contributed by atoms with Crippen LogP contribution in [-0.2, 0) is 9.53 Å². The number of benzene rings is 2. The van der Waals surface area contributed by atoms with Gasteiger partial charge in [0.2, 0.25) is 11.9 Å². The molecular weight excluding hydrogens is 512 g/mol. The maximum Gasteiger partial charge on any atom is 0.264 e. The molecular formula is C30H32N4O4S. The first kappa shape index (κ1) is 26.6. The van der Waals surface area contributed by atoms with Crippen molar-refractivity contribution >= 4 is 29.1 Å². The molecule has 2 amide bonds. The predicted molar refractivity (Wildman–Crippen MR) is 153 cm³/mol. The molecule has 1 aliphatic heterocycles. The van der Waals surface area contributed by atoms with Crippen LogP contribution in [0.2, 0.25) is 0 Å². The smallest absolute Gasteiger partial charge is 0.264 e. The minimum atomic E-state index is -0.324. The molecule has 4 aromatic rings. The third-order valence-electron chi connectivity index (χ3n) is 6.91. The van der Waals surface area contributed by atoms with E-state index in [0.717, 1.165) is 35.4 Å². The highest BCUT2D eigenvalue weighted by Gasteiger charge is 2.26. The van der Waals surface area contributed by atoms with Crippen LogP contribution < -0.4 is 10.1 Å². The third-order valence-corrected chi connectivity index (χ3v) is 7.77. The van der Waals surface area contributed by atoms with Crippen LogP contribution in [0.1, 0.15) is 33.6 Å². The molecule has 2 aromatic carbocycles. The molecule has 8 nitrogen and oxygen atoms in total. The number of carbonyl (C=O) groups excluding carboxylic acids is 2. The zero-order chi connectivity index (χ0) is 27.4. The van der Waals surface area contributed by atoms with Gasteiger partial charge < -0.3 is 14.4 Å². The molecule has 1 unspecified atom stereocenters. The number of hydrogen-bond donors (Lipinski definition) is 1. The summed E-state index contributed by atoms with van der Waals surface area (Å²) in [5.41, 5.74) is 4.79. The minimum Gasteiger partial charge on any atom is -0.497 e. The number of methoxy groups -OCH3 is 1. The Bertz CT molecular complexity index is 1440. The molecule has 1 atom stereocenters. The van der Waals surface area contributed by atoms with Gasteiger partial charge in [-0.25, -0.2) is 4.98 Å². The van der Waals surface area contributed by atoms with Gasteiger partial charge in [-0.15, -0.1) is 11.3 Å². The van der Waals surface area contributed by atoms with Gasteiger partial charge in [-0.2, -0.15) is 0 Å². The molecule has 1 N–H and O–H groups in total. The molecule has 0 saturated carbocycles. The molecule has 202 valence electrons. The zero-order valence-corrected chi connectivity index (χ0v) is 23.2. The number of amides is 2. The summed E-state index contributed by atoms with van der Waals surface area (Å²) in [6.45, 7) is 5.06. The van der Waals surface area contributed by atoms with Crippen molar-refractivity contribution < 1.29 is 19.1 Å². The number of nitrogens with one attached hydrogen (secondary N) is 1. The molecule has 2 aromatic heterocycles. The second-order valence-corrected chi connectivity index (χ2v) is 10.6.